The van der Waals surface area contributed by atoms with Crippen molar-refractivity contribution in [2.45, 2.75) is 69.7 Å². The highest BCUT2D eigenvalue weighted by atomic mass is 35.5. The van der Waals surface area contributed by atoms with Crippen LogP contribution in [0.4, 0.5) is 0 Å². The Balaban J connectivity index is 1.64. The fraction of sp³-hybridized carbons (Fsp3) is 0.500. The molecule has 0 spiro atoms. The van der Waals surface area contributed by atoms with Crippen LogP contribution in [0.3, 0.4) is 0 Å². The maximum Gasteiger partial charge on any atom is 0.129 e. The van der Waals surface area contributed by atoms with Crippen LogP contribution in [0.15, 0.2) is 53.2 Å². The van der Waals surface area contributed by atoms with E-state index in [1.54, 1.807) is 0 Å². The van der Waals surface area contributed by atoms with E-state index in [0.29, 0.717) is 22.7 Å². The van der Waals surface area contributed by atoms with Crippen molar-refractivity contribution in [1.29, 1.82) is 0 Å². The highest BCUT2D eigenvalue weighted by molar-refractivity contribution is 7.85. The third-order valence-corrected chi connectivity index (χ3v) is 9.75. The smallest absolute Gasteiger partial charge is 0.129 e. The van der Waals surface area contributed by atoms with E-state index in [0.717, 1.165) is 18.6 Å². The van der Waals surface area contributed by atoms with Gasteiger partial charge in [-0.3, -0.25) is 9.20 Å². The van der Waals surface area contributed by atoms with Crippen molar-refractivity contribution in [3.63, 3.8) is 0 Å². The van der Waals surface area contributed by atoms with Crippen molar-refractivity contribution in [2.24, 2.45) is 10.9 Å². The first-order chi connectivity index (χ1) is 15.8. The normalized spacial score (nSPS) is 25.1. The molecule has 3 nitrogen and oxygen atoms in total. The van der Waals surface area contributed by atoms with E-state index in [1.807, 2.05) is 24.6 Å². The van der Waals surface area contributed by atoms with Crippen molar-refractivity contribution in [1.82, 2.24) is 4.98 Å². The molecule has 2 atom stereocenters. The zero-order valence-corrected chi connectivity index (χ0v) is 21.4. The van der Waals surface area contributed by atoms with Crippen LogP contribution in [0.5, 0.6) is 0 Å². The van der Waals surface area contributed by atoms with Gasteiger partial charge in [0, 0.05) is 45.5 Å². The first-order valence-electron chi connectivity index (χ1n) is 12.2. The van der Waals surface area contributed by atoms with Gasteiger partial charge in [0.25, 0.3) is 0 Å². The Hall–Kier alpha value is -1.78. The van der Waals surface area contributed by atoms with Gasteiger partial charge in [-0.2, -0.15) is 0 Å². The number of hydrogen-bond donors (Lipinski definition) is 0. The molecule has 0 N–H and O–H groups in total. The van der Waals surface area contributed by atoms with Crippen LogP contribution in [-0.2, 0) is 16.2 Å². The van der Waals surface area contributed by atoms with E-state index in [4.69, 9.17) is 16.6 Å². The van der Waals surface area contributed by atoms with Crippen LogP contribution < -0.4 is 0 Å². The Morgan fingerprint density at radius 3 is 2.64 bits per heavy atom. The summed E-state index contributed by atoms with van der Waals surface area (Å²) in [6.45, 7) is 6.71. The molecule has 3 aliphatic rings. The maximum atomic E-state index is 13.1. The summed E-state index contributed by atoms with van der Waals surface area (Å²) in [5.41, 5.74) is 3.20. The molecule has 2 aromatic rings. The van der Waals surface area contributed by atoms with Gasteiger partial charge in [-0.25, -0.2) is 4.98 Å². The quantitative estimate of drug-likeness (QED) is 0.403. The highest BCUT2D eigenvalue weighted by Gasteiger charge is 2.55. The molecule has 5 heteroatoms. The number of fused-ring (bicyclic) bond motifs is 1. The number of benzene rings is 1. The molecule has 0 radical (unpaired) electrons. The number of allylic oxidation sites excluding steroid dienone is 3. The van der Waals surface area contributed by atoms with Crippen molar-refractivity contribution in [3.05, 3.63) is 64.5 Å². The summed E-state index contributed by atoms with van der Waals surface area (Å²) in [5, 5.41) is 2.90. The summed E-state index contributed by atoms with van der Waals surface area (Å²) in [5.74, 6) is 2.47. The van der Waals surface area contributed by atoms with Crippen LogP contribution >= 0.6 is 11.6 Å². The van der Waals surface area contributed by atoms with E-state index in [1.165, 1.54) is 46.7 Å². The van der Waals surface area contributed by atoms with Gasteiger partial charge in [0.1, 0.15) is 5.15 Å². The number of nitrogens with zero attached hydrogens (tertiary/aromatic N) is 2. The lowest BCUT2D eigenvalue weighted by Gasteiger charge is -2.54. The summed E-state index contributed by atoms with van der Waals surface area (Å²) < 4.78 is 13.1. The Morgan fingerprint density at radius 2 is 1.97 bits per heavy atom. The first kappa shape index (κ1) is 23.0. The Labute approximate surface area is 204 Å². The van der Waals surface area contributed by atoms with Crippen molar-refractivity contribution >= 4 is 39.4 Å². The molecule has 5 rings (SSSR count). The Morgan fingerprint density at radius 1 is 1.18 bits per heavy atom. The van der Waals surface area contributed by atoms with Crippen LogP contribution in [0.2, 0.25) is 5.15 Å². The van der Waals surface area contributed by atoms with Crippen molar-refractivity contribution < 1.29 is 4.21 Å². The fourth-order valence-electron chi connectivity index (χ4n) is 5.76. The molecule has 1 aromatic heterocycles. The number of halogens is 1. The van der Waals surface area contributed by atoms with Gasteiger partial charge >= 0.3 is 0 Å². The van der Waals surface area contributed by atoms with Crippen molar-refractivity contribution in [2.75, 3.05) is 11.5 Å². The van der Waals surface area contributed by atoms with Gasteiger partial charge in [0.2, 0.25) is 0 Å². The van der Waals surface area contributed by atoms with Gasteiger partial charge in [-0.15, -0.1) is 0 Å². The van der Waals surface area contributed by atoms with Gasteiger partial charge in [0.05, 0.1) is 5.54 Å². The molecule has 2 saturated carbocycles. The molecule has 0 unspecified atom stereocenters. The van der Waals surface area contributed by atoms with E-state index in [-0.39, 0.29) is 5.41 Å². The van der Waals surface area contributed by atoms with Crippen LogP contribution in [0.25, 0.3) is 10.8 Å². The molecule has 2 fully saturated rings. The number of aliphatic imine (C=N–C) groups is 1. The SMILES string of the molecule is CC(C)c1ccc(C2([C@@]3(C)N=CC=CC=C3C[S@@](=O)CC3CC3)CCC2)c2cnc(Cl)cc12. The second kappa shape index (κ2) is 8.78. The molecule has 1 aliphatic heterocycles. The molecule has 2 heterocycles. The minimum absolute atomic E-state index is 0.144. The standard InChI is InChI=1S/C28H33ClN2OS/c1-19(2)22-10-11-25(24-16-30-26(29)15-23(22)24)28(12-6-13-28)27(3)21(7-4-5-14-31-27)18-33(32)17-20-8-9-20/h4-5,7,10-11,14-16,19-20H,6,8-9,12-13,17-18H2,1-3H3/t27-,33-/m0/s1. The van der Waals surface area contributed by atoms with E-state index >= 15 is 0 Å². The lowest BCUT2D eigenvalue weighted by Crippen LogP contribution is -2.55. The Bertz CT molecular complexity index is 1190. The van der Waals surface area contributed by atoms with Gasteiger partial charge in [0.15, 0.2) is 0 Å². The molecule has 0 amide bonds. The average molecular weight is 481 g/mol. The number of rotatable bonds is 7. The van der Waals surface area contributed by atoms with Gasteiger partial charge in [-0.1, -0.05) is 56.2 Å². The first-order valence-corrected chi connectivity index (χ1v) is 14.1. The summed E-state index contributed by atoms with van der Waals surface area (Å²) in [6, 6.07) is 6.60. The number of pyridine rings is 1. The minimum Gasteiger partial charge on any atom is -0.281 e. The van der Waals surface area contributed by atoms with Gasteiger partial charge < -0.3 is 0 Å². The van der Waals surface area contributed by atoms with Crippen LogP contribution in [-0.4, -0.2) is 32.5 Å². The van der Waals surface area contributed by atoms with E-state index in [2.05, 4.69) is 50.0 Å². The van der Waals surface area contributed by atoms with Crippen LogP contribution in [0, 0.1) is 5.92 Å². The summed E-state index contributed by atoms with van der Waals surface area (Å²) in [6.07, 6.45) is 15.9. The zero-order chi connectivity index (χ0) is 23.2. The second-order valence-electron chi connectivity index (χ2n) is 10.5. The summed E-state index contributed by atoms with van der Waals surface area (Å²) in [7, 11) is -0.855. The molecule has 1 aromatic carbocycles. The van der Waals surface area contributed by atoms with Crippen molar-refractivity contribution in [3.8, 4) is 0 Å². The van der Waals surface area contributed by atoms with Crippen LogP contribution in [0.1, 0.15) is 69.9 Å². The van der Waals surface area contributed by atoms with E-state index < -0.39 is 16.3 Å². The fourth-order valence-corrected chi connectivity index (χ4v) is 7.62. The molecule has 174 valence electrons. The number of hydrogen-bond acceptors (Lipinski definition) is 3. The molecule has 33 heavy (non-hydrogen) atoms. The minimum atomic E-state index is -0.855. The molecule has 2 aliphatic carbocycles. The molecular formula is C28H33ClN2OS. The van der Waals surface area contributed by atoms with Gasteiger partial charge in [-0.05, 0) is 78.7 Å². The summed E-state index contributed by atoms with van der Waals surface area (Å²) in [4.78, 5) is 9.66. The summed E-state index contributed by atoms with van der Waals surface area (Å²) >= 11 is 6.35. The second-order valence-corrected chi connectivity index (χ2v) is 12.4. The molecule has 0 saturated heterocycles. The lowest BCUT2D eigenvalue weighted by atomic mass is 9.52. The zero-order valence-electron chi connectivity index (χ0n) is 19.8. The predicted octanol–water partition coefficient (Wildman–Crippen LogP) is 6.92. The molecular weight excluding hydrogens is 448 g/mol. The average Bonchev–Trinajstić information content (AvgIpc) is 3.56. The highest BCUT2D eigenvalue weighted by Crippen LogP contribution is 2.57. The maximum absolute atomic E-state index is 13.1. The Kier molecular flexibility index (Phi) is 6.11. The number of aromatic nitrogens is 1. The van der Waals surface area contributed by atoms with E-state index in [9.17, 15) is 4.21 Å². The molecule has 0 bridgehead atoms. The third-order valence-electron chi connectivity index (χ3n) is 8.07. The predicted molar refractivity (Wildman–Crippen MR) is 141 cm³/mol. The largest absolute Gasteiger partial charge is 0.281 e. The third kappa shape index (κ3) is 4.04. The topological polar surface area (TPSA) is 42.3 Å². The lowest BCUT2D eigenvalue weighted by molar-refractivity contribution is 0.154. The monoisotopic (exact) mass is 480 g/mol.